The summed E-state index contributed by atoms with van der Waals surface area (Å²) in [4.78, 5) is 1.46. The van der Waals surface area contributed by atoms with Crippen LogP contribution >= 0.6 is 11.3 Å². The lowest BCUT2D eigenvalue weighted by Gasteiger charge is -2.02. The molecule has 1 rings (SSSR count). The van der Waals surface area contributed by atoms with E-state index in [-0.39, 0.29) is 0 Å². The number of aryl methyl sites for hydroxylation is 1. The van der Waals surface area contributed by atoms with Crippen molar-refractivity contribution in [1.29, 1.82) is 0 Å². The number of rotatable bonds is 9. The van der Waals surface area contributed by atoms with E-state index in [1.807, 2.05) is 11.3 Å². The topological polar surface area (TPSA) is 13.1 Å². The molecule has 2 nitrogen and oxygen atoms in total. The third kappa shape index (κ3) is 5.64. The second kappa shape index (κ2) is 8.65. The normalized spacial score (nSPS) is 11.0. The smallest absolute Gasteiger partial charge is 0.224 e. The van der Waals surface area contributed by atoms with Crippen LogP contribution in [0.25, 0.3) is 0 Å². The molecule has 0 bridgehead atoms. The summed E-state index contributed by atoms with van der Waals surface area (Å²) in [5.41, 5.74) is 3.54. The van der Waals surface area contributed by atoms with Crippen molar-refractivity contribution in [2.24, 2.45) is 7.05 Å². The first-order valence-electron chi connectivity index (χ1n) is 6.76. The van der Waals surface area contributed by atoms with Gasteiger partial charge in [0.15, 0.2) is 5.69 Å². The van der Waals surface area contributed by atoms with Crippen LogP contribution in [-0.2, 0) is 18.2 Å². The number of aromatic nitrogens is 1. The van der Waals surface area contributed by atoms with E-state index in [4.69, 9.17) is 4.74 Å². The van der Waals surface area contributed by atoms with Crippen molar-refractivity contribution in [2.45, 2.75) is 52.4 Å². The third-order valence-corrected chi connectivity index (χ3v) is 4.36. The number of thiazole rings is 1. The number of hydrogen-bond donors (Lipinski definition) is 0. The van der Waals surface area contributed by atoms with Crippen molar-refractivity contribution in [1.82, 2.24) is 0 Å². The minimum absolute atomic E-state index is 0.870. The van der Waals surface area contributed by atoms with Crippen LogP contribution in [0.5, 0.6) is 0 Å². The van der Waals surface area contributed by atoms with E-state index in [0.29, 0.717) is 0 Å². The van der Waals surface area contributed by atoms with Crippen molar-refractivity contribution in [2.75, 3.05) is 13.2 Å². The molecule has 1 heterocycles. The Bertz CT molecular complexity index is 309. The lowest BCUT2D eigenvalue weighted by atomic mass is 10.2. The number of ether oxygens (including phenoxy) is 1. The summed E-state index contributed by atoms with van der Waals surface area (Å²) >= 11 is 1.83. The van der Waals surface area contributed by atoms with E-state index in [2.05, 4.69) is 31.0 Å². The van der Waals surface area contributed by atoms with E-state index in [0.717, 1.165) is 19.6 Å². The number of nitrogens with zero attached hydrogens (tertiary/aromatic N) is 1. The van der Waals surface area contributed by atoms with Gasteiger partial charge < -0.3 is 4.74 Å². The van der Waals surface area contributed by atoms with Crippen molar-refractivity contribution < 1.29 is 9.30 Å². The molecular formula is C14H26NOS+. The van der Waals surface area contributed by atoms with Crippen LogP contribution in [0.2, 0.25) is 0 Å². The molecule has 0 spiro atoms. The van der Waals surface area contributed by atoms with Gasteiger partial charge in [-0.25, -0.2) is 0 Å². The Morgan fingerprint density at radius 1 is 1.18 bits per heavy atom. The largest absolute Gasteiger partial charge is 0.381 e. The minimum atomic E-state index is 0.870. The second-order valence-corrected chi connectivity index (χ2v) is 5.56. The number of unbranched alkanes of at least 4 members (excludes halogenated alkanes) is 4. The van der Waals surface area contributed by atoms with Gasteiger partial charge >= 0.3 is 0 Å². The molecule has 0 radical (unpaired) electrons. The molecular weight excluding hydrogens is 230 g/mol. The first-order chi connectivity index (χ1) is 8.25. The highest BCUT2D eigenvalue weighted by molar-refractivity contribution is 7.09. The van der Waals surface area contributed by atoms with Gasteiger partial charge in [0.05, 0.1) is 11.5 Å². The molecule has 0 aliphatic rings. The summed E-state index contributed by atoms with van der Waals surface area (Å²) in [6.45, 7) is 6.23. The fourth-order valence-corrected chi connectivity index (χ4v) is 2.78. The fraction of sp³-hybridized carbons (Fsp3) is 0.786. The Morgan fingerprint density at radius 2 is 1.94 bits per heavy atom. The molecule has 0 unspecified atom stereocenters. The van der Waals surface area contributed by atoms with Gasteiger partial charge in [0.2, 0.25) is 5.51 Å². The van der Waals surface area contributed by atoms with Crippen LogP contribution in [0.3, 0.4) is 0 Å². The zero-order valence-corrected chi connectivity index (χ0v) is 12.3. The van der Waals surface area contributed by atoms with E-state index in [1.54, 1.807) is 0 Å². The average molecular weight is 256 g/mol. The lowest BCUT2D eigenvalue weighted by molar-refractivity contribution is -0.673. The molecule has 3 heteroatoms. The molecule has 0 aliphatic heterocycles. The molecule has 0 fully saturated rings. The monoisotopic (exact) mass is 256 g/mol. The van der Waals surface area contributed by atoms with Crippen LogP contribution in [0.1, 0.15) is 49.6 Å². The molecule has 17 heavy (non-hydrogen) atoms. The molecule has 1 aromatic heterocycles. The molecule has 0 N–H and O–H groups in total. The predicted octanol–water partition coefficient (Wildman–Crippen LogP) is 3.41. The Hall–Kier alpha value is -0.410. The molecule has 0 atom stereocenters. The van der Waals surface area contributed by atoms with Crippen LogP contribution in [0.4, 0.5) is 0 Å². The first kappa shape index (κ1) is 14.7. The summed E-state index contributed by atoms with van der Waals surface area (Å²) in [6.07, 6.45) is 7.64. The van der Waals surface area contributed by atoms with E-state index in [1.165, 1.54) is 42.7 Å². The van der Waals surface area contributed by atoms with Gasteiger partial charge in [-0.3, -0.25) is 0 Å². The quantitative estimate of drug-likeness (QED) is 0.487. The zero-order chi connectivity index (χ0) is 12.5. The number of hydrogen-bond acceptors (Lipinski definition) is 2. The second-order valence-electron chi connectivity index (χ2n) is 4.62. The van der Waals surface area contributed by atoms with Crippen LogP contribution < -0.4 is 4.57 Å². The van der Waals surface area contributed by atoms with Crippen molar-refractivity contribution >= 4 is 11.3 Å². The maximum Gasteiger partial charge on any atom is 0.224 e. The first-order valence-corrected chi connectivity index (χ1v) is 7.64. The molecule has 0 aromatic carbocycles. The molecule has 0 saturated heterocycles. The summed E-state index contributed by atoms with van der Waals surface area (Å²) in [5.74, 6) is 0. The summed E-state index contributed by atoms with van der Waals surface area (Å²) < 4.78 is 7.86. The molecule has 0 aliphatic carbocycles. The van der Waals surface area contributed by atoms with Crippen LogP contribution in [-0.4, -0.2) is 13.2 Å². The minimum Gasteiger partial charge on any atom is -0.381 e. The van der Waals surface area contributed by atoms with Gasteiger partial charge in [-0.15, -0.1) is 0 Å². The maximum atomic E-state index is 5.68. The van der Waals surface area contributed by atoms with Crippen molar-refractivity contribution in [3.63, 3.8) is 0 Å². The highest BCUT2D eigenvalue weighted by atomic mass is 32.1. The highest BCUT2D eigenvalue weighted by Crippen LogP contribution is 2.11. The maximum absolute atomic E-state index is 5.68. The summed E-state index contributed by atoms with van der Waals surface area (Å²) in [6, 6.07) is 0. The van der Waals surface area contributed by atoms with Crippen molar-refractivity contribution in [3.8, 4) is 0 Å². The third-order valence-electron chi connectivity index (χ3n) is 3.15. The molecule has 0 amide bonds. The van der Waals surface area contributed by atoms with Gasteiger partial charge in [0, 0.05) is 20.0 Å². The highest BCUT2D eigenvalue weighted by Gasteiger charge is 2.10. The van der Waals surface area contributed by atoms with E-state index in [9.17, 15) is 0 Å². The SMILES string of the molecule is CCCCCCCOCCc1sc[n+](C)c1C. The van der Waals surface area contributed by atoms with E-state index < -0.39 is 0 Å². The summed E-state index contributed by atoms with van der Waals surface area (Å²) in [7, 11) is 2.10. The van der Waals surface area contributed by atoms with E-state index >= 15 is 0 Å². The van der Waals surface area contributed by atoms with Gasteiger partial charge in [-0.2, -0.15) is 4.57 Å². The van der Waals surface area contributed by atoms with Gasteiger partial charge in [-0.1, -0.05) is 43.9 Å². The van der Waals surface area contributed by atoms with Gasteiger partial charge in [0.25, 0.3) is 0 Å². The Morgan fingerprint density at radius 3 is 2.59 bits per heavy atom. The Labute approximate surface area is 110 Å². The Kier molecular flexibility index (Phi) is 7.45. The van der Waals surface area contributed by atoms with Crippen molar-refractivity contribution in [3.05, 3.63) is 16.1 Å². The fourth-order valence-electron chi connectivity index (χ4n) is 1.82. The molecule has 1 aromatic rings. The van der Waals surface area contributed by atoms with Crippen LogP contribution in [0, 0.1) is 6.92 Å². The summed E-state index contributed by atoms with van der Waals surface area (Å²) in [5, 5.41) is 0. The van der Waals surface area contributed by atoms with Crippen LogP contribution in [0.15, 0.2) is 5.51 Å². The predicted molar refractivity (Wildman–Crippen MR) is 73.5 cm³/mol. The molecule has 98 valence electrons. The zero-order valence-electron chi connectivity index (χ0n) is 11.5. The van der Waals surface area contributed by atoms with Gasteiger partial charge in [-0.05, 0) is 6.42 Å². The molecule has 0 saturated carbocycles. The standard InChI is InChI=1S/C14H26NOS/c1-4-5-6-7-8-10-16-11-9-14-13(2)15(3)12-17-14/h12H,4-11H2,1-3H3/q+1. The lowest BCUT2D eigenvalue weighted by Crippen LogP contribution is -2.28. The van der Waals surface area contributed by atoms with Gasteiger partial charge in [0.1, 0.15) is 7.05 Å². The Balaban J connectivity index is 1.99. The average Bonchev–Trinajstić information content (AvgIpc) is 2.64.